The summed E-state index contributed by atoms with van der Waals surface area (Å²) in [4.78, 5) is 25.4. The van der Waals surface area contributed by atoms with Crippen molar-refractivity contribution >= 4 is 27.8 Å². The van der Waals surface area contributed by atoms with Gasteiger partial charge in [0.1, 0.15) is 18.3 Å². The summed E-state index contributed by atoms with van der Waals surface area (Å²) in [6.07, 6.45) is 1.06. The van der Waals surface area contributed by atoms with Gasteiger partial charge in [-0.25, -0.2) is 0 Å². The first-order chi connectivity index (χ1) is 10.1. The average Bonchev–Trinajstić information content (AvgIpc) is 2.89. The summed E-state index contributed by atoms with van der Waals surface area (Å²) in [5.41, 5.74) is 0.912. The third kappa shape index (κ3) is 2.77. The number of benzene rings is 1. The first-order valence-corrected chi connectivity index (χ1v) is 7.79. The molecule has 1 N–H and O–H groups in total. The lowest BCUT2D eigenvalue weighted by Crippen LogP contribution is -2.42. The third-order valence-corrected chi connectivity index (χ3v) is 4.70. The van der Waals surface area contributed by atoms with E-state index in [1.807, 2.05) is 18.2 Å². The van der Waals surface area contributed by atoms with Gasteiger partial charge < -0.3 is 14.7 Å². The summed E-state index contributed by atoms with van der Waals surface area (Å²) in [7, 11) is 0. The fraction of sp³-hybridized carbons (Fsp3) is 0.467. The summed E-state index contributed by atoms with van der Waals surface area (Å²) in [5, 5.41) is 9.01. The molecule has 1 aromatic rings. The number of amides is 1. The van der Waals surface area contributed by atoms with Crippen LogP contribution >= 0.6 is 15.9 Å². The van der Waals surface area contributed by atoms with E-state index in [0.717, 1.165) is 15.8 Å². The largest absolute Gasteiger partial charge is 0.492 e. The Labute approximate surface area is 131 Å². The molecule has 6 heteroatoms. The molecule has 0 spiro atoms. The van der Waals surface area contributed by atoms with E-state index in [4.69, 9.17) is 9.84 Å². The van der Waals surface area contributed by atoms with Crippen LogP contribution in [0.3, 0.4) is 0 Å². The second kappa shape index (κ2) is 5.67. The molecule has 112 valence electrons. The Balaban J connectivity index is 1.71. The molecule has 1 saturated heterocycles. The van der Waals surface area contributed by atoms with E-state index in [-0.39, 0.29) is 17.7 Å². The van der Waals surface area contributed by atoms with Crippen molar-refractivity contribution in [3.8, 4) is 5.75 Å². The Morgan fingerprint density at radius 1 is 1.29 bits per heavy atom. The lowest BCUT2D eigenvalue weighted by atomic mass is 9.94. The maximum atomic E-state index is 12.6. The Kier molecular flexibility index (Phi) is 3.89. The van der Waals surface area contributed by atoms with Crippen molar-refractivity contribution in [3.63, 3.8) is 0 Å². The van der Waals surface area contributed by atoms with Crippen LogP contribution in [-0.2, 0) is 9.59 Å². The van der Waals surface area contributed by atoms with Crippen LogP contribution in [0.1, 0.15) is 24.3 Å². The summed E-state index contributed by atoms with van der Waals surface area (Å²) in [6, 6.07) is 5.68. The van der Waals surface area contributed by atoms with Gasteiger partial charge in [0.15, 0.2) is 0 Å². The highest BCUT2D eigenvalue weighted by Gasteiger charge is 2.35. The van der Waals surface area contributed by atoms with Crippen LogP contribution in [0.2, 0.25) is 0 Å². The topological polar surface area (TPSA) is 66.8 Å². The highest BCUT2D eigenvalue weighted by Crippen LogP contribution is 2.37. The van der Waals surface area contributed by atoms with Gasteiger partial charge in [-0.3, -0.25) is 9.59 Å². The smallest absolute Gasteiger partial charge is 0.306 e. The zero-order chi connectivity index (χ0) is 15.0. The number of hydrogen-bond acceptors (Lipinski definition) is 3. The van der Waals surface area contributed by atoms with Crippen LogP contribution in [-0.4, -0.2) is 41.6 Å². The number of likely N-dealkylation sites (tertiary alicyclic amines) is 1. The number of carbonyl (C=O) groups excluding carboxylic acids is 1. The quantitative estimate of drug-likeness (QED) is 0.885. The molecular weight excluding hydrogens is 338 g/mol. The van der Waals surface area contributed by atoms with E-state index in [9.17, 15) is 9.59 Å². The van der Waals surface area contributed by atoms with E-state index in [0.29, 0.717) is 32.5 Å². The van der Waals surface area contributed by atoms with Crippen LogP contribution in [0.4, 0.5) is 0 Å². The number of ether oxygens (including phenoxy) is 1. The van der Waals surface area contributed by atoms with Gasteiger partial charge in [0.2, 0.25) is 5.91 Å². The van der Waals surface area contributed by atoms with Gasteiger partial charge in [-0.1, -0.05) is 15.9 Å². The zero-order valence-electron chi connectivity index (χ0n) is 11.4. The molecule has 1 atom stereocenters. The molecule has 3 rings (SSSR count). The molecule has 21 heavy (non-hydrogen) atoms. The van der Waals surface area contributed by atoms with Crippen LogP contribution in [0, 0.1) is 5.92 Å². The standard InChI is InChI=1S/C15H16BrNO4/c16-10-1-2-13-11(7-10)12(8-21-13)14(18)17-5-3-9(4-6-17)15(19)20/h1-2,7,9,12H,3-6,8H2,(H,19,20). The molecule has 0 saturated carbocycles. The van der Waals surface area contributed by atoms with Gasteiger partial charge in [0.05, 0.1) is 5.92 Å². The molecule has 0 radical (unpaired) electrons. The molecule has 0 aromatic heterocycles. The number of piperidine rings is 1. The van der Waals surface area contributed by atoms with Gasteiger partial charge >= 0.3 is 5.97 Å². The number of nitrogens with zero attached hydrogens (tertiary/aromatic N) is 1. The molecule has 1 fully saturated rings. The number of carboxylic acid groups (broad SMARTS) is 1. The van der Waals surface area contributed by atoms with Crippen molar-refractivity contribution < 1.29 is 19.4 Å². The van der Waals surface area contributed by atoms with Crippen molar-refractivity contribution in [3.05, 3.63) is 28.2 Å². The van der Waals surface area contributed by atoms with Crippen molar-refractivity contribution in [1.29, 1.82) is 0 Å². The molecule has 2 aliphatic heterocycles. The van der Waals surface area contributed by atoms with E-state index < -0.39 is 5.97 Å². The molecular formula is C15H16BrNO4. The van der Waals surface area contributed by atoms with E-state index >= 15 is 0 Å². The van der Waals surface area contributed by atoms with Gasteiger partial charge in [0, 0.05) is 23.1 Å². The van der Waals surface area contributed by atoms with Gasteiger partial charge in [-0.05, 0) is 31.0 Å². The highest BCUT2D eigenvalue weighted by molar-refractivity contribution is 9.10. The highest BCUT2D eigenvalue weighted by atomic mass is 79.9. The minimum Gasteiger partial charge on any atom is -0.492 e. The van der Waals surface area contributed by atoms with Gasteiger partial charge in [0.25, 0.3) is 0 Å². The summed E-state index contributed by atoms with van der Waals surface area (Å²) in [5.74, 6) is -0.567. The number of carboxylic acids is 1. The molecule has 0 aliphatic carbocycles. The van der Waals surface area contributed by atoms with Crippen molar-refractivity contribution in [1.82, 2.24) is 4.90 Å². The number of rotatable bonds is 2. The van der Waals surface area contributed by atoms with E-state index in [1.165, 1.54) is 0 Å². The predicted octanol–water partition coefficient (Wildman–Crippen LogP) is 2.25. The predicted molar refractivity (Wildman–Crippen MR) is 79.3 cm³/mol. The number of hydrogen-bond donors (Lipinski definition) is 1. The lowest BCUT2D eigenvalue weighted by molar-refractivity contribution is -0.146. The first-order valence-electron chi connectivity index (χ1n) is 7.00. The van der Waals surface area contributed by atoms with Crippen molar-refractivity contribution in [2.24, 2.45) is 5.92 Å². The minimum absolute atomic E-state index is 0.0377. The fourth-order valence-corrected chi connectivity index (χ4v) is 3.34. The minimum atomic E-state index is -0.763. The second-order valence-electron chi connectivity index (χ2n) is 5.48. The monoisotopic (exact) mass is 353 g/mol. The van der Waals surface area contributed by atoms with E-state index in [1.54, 1.807) is 4.90 Å². The molecule has 1 unspecified atom stereocenters. The van der Waals surface area contributed by atoms with Crippen LogP contribution < -0.4 is 4.74 Å². The Morgan fingerprint density at radius 3 is 2.67 bits per heavy atom. The average molecular weight is 354 g/mol. The molecule has 5 nitrogen and oxygen atoms in total. The van der Waals surface area contributed by atoms with Gasteiger partial charge in [-0.15, -0.1) is 0 Å². The third-order valence-electron chi connectivity index (χ3n) is 4.21. The maximum absolute atomic E-state index is 12.6. The van der Waals surface area contributed by atoms with Crippen molar-refractivity contribution in [2.75, 3.05) is 19.7 Å². The normalized spacial score (nSPS) is 21.8. The number of fused-ring (bicyclic) bond motifs is 1. The van der Waals surface area contributed by atoms with Crippen LogP contribution in [0.5, 0.6) is 5.75 Å². The lowest BCUT2D eigenvalue weighted by Gasteiger charge is -2.31. The Hall–Kier alpha value is -1.56. The molecule has 1 aromatic carbocycles. The first kappa shape index (κ1) is 14.4. The summed E-state index contributed by atoms with van der Waals surface area (Å²) >= 11 is 3.42. The number of aliphatic carboxylic acids is 1. The molecule has 2 aliphatic rings. The van der Waals surface area contributed by atoms with Crippen molar-refractivity contribution in [2.45, 2.75) is 18.8 Å². The Morgan fingerprint density at radius 2 is 2.00 bits per heavy atom. The number of carbonyl (C=O) groups is 2. The Bertz CT molecular complexity index is 581. The van der Waals surface area contributed by atoms with Crippen LogP contribution in [0.15, 0.2) is 22.7 Å². The zero-order valence-corrected chi connectivity index (χ0v) is 13.0. The fourth-order valence-electron chi connectivity index (χ4n) is 2.96. The molecule has 0 bridgehead atoms. The second-order valence-corrected chi connectivity index (χ2v) is 6.40. The van der Waals surface area contributed by atoms with E-state index in [2.05, 4.69) is 15.9 Å². The molecule has 2 heterocycles. The summed E-state index contributed by atoms with van der Waals surface area (Å²) < 4.78 is 6.50. The van der Waals surface area contributed by atoms with Crippen LogP contribution in [0.25, 0.3) is 0 Å². The SMILES string of the molecule is O=C(O)C1CCN(C(=O)C2COc3ccc(Br)cc32)CC1. The maximum Gasteiger partial charge on any atom is 0.306 e. The van der Waals surface area contributed by atoms with Gasteiger partial charge in [-0.2, -0.15) is 0 Å². The molecule has 1 amide bonds. The number of halogens is 1. The summed E-state index contributed by atoms with van der Waals surface area (Å²) in [6.45, 7) is 1.38.